The van der Waals surface area contributed by atoms with Crippen LogP contribution in [0.25, 0.3) is 0 Å². The van der Waals surface area contributed by atoms with Crippen LogP contribution in [0.2, 0.25) is 0 Å². The van der Waals surface area contributed by atoms with E-state index in [0.717, 1.165) is 64.2 Å². The van der Waals surface area contributed by atoms with Crippen LogP contribution in [0.1, 0.15) is 206 Å². The average molecular weight is 1350 g/mol. The molecule has 4 aliphatic rings. The Balaban J connectivity index is 1.47. The zero-order chi connectivity index (χ0) is 67.6. The van der Waals surface area contributed by atoms with Crippen molar-refractivity contribution in [1.29, 1.82) is 0 Å². The summed E-state index contributed by atoms with van der Waals surface area (Å²) in [6, 6.07) is 0. The van der Waals surface area contributed by atoms with Crippen molar-refractivity contribution in [2.24, 2.45) is 0 Å². The molecule has 3 heterocycles. The zero-order valence-corrected chi connectivity index (χ0v) is 55.0. The van der Waals surface area contributed by atoms with Crippen LogP contribution in [-0.4, -0.2) is 256 Å². The molecular formula is C63H115O28P. The van der Waals surface area contributed by atoms with E-state index in [1.54, 1.807) is 0 Å². The van der Waals surface area contributed by atoms with E-state index in [4.69, 9.17) is 46.9 Å². The quantitative estimate of drug-likeness (QED) is 0.0180. The highest BCUT2D eigenvalue weighted by molar-refractivity contribution is 7.47. The molecule has 0 aromatic heterocycles. The number of phosphoric acid groups is 1. The molecule has 0 aromatic rings. The van der Waals surface area contributed by atoms with Gasteiger partial charge in [-0.25, -0.2) is 4.57 Å². The summed E-state index contributed by atoms with van der Waals surface area (Å²) in [5.41, 5.74) is 0. The maximum atomic E-state index is 14.3. The summed E-state index contributed by atoms with van der Waals surface area (Å²) in [7, 11) is -5.75. The molecule has 3 aliphatic heterocycles. The highest BCUT2D eigenvalue weighted by atomic mass is 31.2. The first-order chi connectivity index (χ1) is 44.1. The van der Waals surface area contributed by atoms with Crippen LogP contribution in [0.15, 0.2) is 12.2 Å². The predicted octanol–water partition coefficient (Wildman–Crippen LogP) is 2.53. The van der Waals surface area contributed by atoms with Crippen LogP contribution < -0.4 is 0 Å². The van der Waals surface area contributed by atoms with Crippen LogP contribution in [0.4, 0.5) is 0 Å². The van der Waals surface area contributed by atoms with Gasteiger partial charge in [0.15, 0.2) is 25.0 Å². The van der Waals surface area contributed by atoms with Crippen LogP contribution in [0.5, 0.6) is 0 Å². The second kappa shape index (κ2) is 45.5. The minimum atomic E-state index is -5.75. The minimum absolute atomic E-state index is 0.0210. The van der Waals surface area contributed by atoms with E-state index in [1.807, 2.05) is 0 Å². The Labute approximate surface area is 542 Å². The fourth-order valence-electron chi connectivity index (χ4n) is 11.6. The summed E-state index contributed by atoms with van der Waals surface area (Å²) >= 11 is 0. The van der Waals surface area contributed by atoms with Gasteiger partial charge < -0.3 is 114 Å². The molecule has 0 radical (unpaired) electrons. The van der Waals surface area contributed by atoms with Crippen molar-refractivity contribution < 1.29 is 137 Å². The van der Waals surface area contributed by atoms with Gasteiger partial charge in [0.2, 0.25) is 0 Å². The summed E-state index contributed by atoms with van der Waals surface area (Å²) in [5.74, 6) is -1.40. The molecule has 92 heavy (non-hydrogen) atoms. The molecule has 15 N–H and O–H groups in total. The number of phosphoric ester groups is 1. The van der Waals surface area contributed by atoms with Gasteiger partial charge >= 0.3 is 19.8 Å². The van der Waals surface area contributed by atoms with Gasteiger partial charge in [-0.1, -0.05) is 167 Å². The van der Waals surface area contributed by atoms with E-state index in [2.05, 4.69) is 26.0 Å². The zero-order valence-electron chi connectivity index (χ0n) is 54.1. The van der Waals surface area contributed by atoms with Crippen molar-refractivity contribution in [3.8, 4) is 0 Å². The second-order valence-corrected chi connectivity index (χ2v) is 26.5. The number of aliphatic hydroxyl groups excluding tert-OH is 14. The van der Waals surface area contributed by atoms with E-state index in [1.165, 1.54) is 96.3 Å². The van der Waals surface area contributed by atoms with Crippen molar-refractivity contribution >= 4 is 19.8 Å². The number of rotatable bonds is 48. The van der Waals surface area contributed by atoms with Gasteiger partial charge in [-0.3, -0.25) is 18.6 Å². The van der Waals surface area contributed by atoms with E-state index in [-0.39, 0.29) is 12.8 Å². The van der Waals surface area contributed by atoms with Crippen LogP contribution in [0, 0.1) is 0 Å². The van der Waals surface area contributed by atoms with E-state index in [0.29, 0.717) is 19.3 Å². The van der Waals surface area contributed by atoms with Gasteiger partial charge in [0, 0.05) is 12.8 Å². The van der Waals surface area contributed by atoms with Gasteiger partial charge in [0.05, 0.1) is 26.4 Å². The SMILES string of the molecule is CCCCCCCC/C=C\CCCCCCCC(=O)O[C@H](COC(=O)CCCCCCCCCCCCCCCCC)COP(=O)(O)O[C@@H]1C(O[C@@H]2OC(CO[C@@H]3OC(CO)[C@H](O)C(O)[C@@H]3O)[C@H](O)C(O)[C@@H]2O)C(O)[C@@H](O)C(O)[C@H]1O[C@H]1OC(CO)[C@@H](O)C(O)[C@H]1O. The molecule has 540 valence electrons. The van der Waals surface area contributed by atoms with Crippen molar-refractivity contribution in [3.05, 3.63) is 12.2 Å². The summed E-state index contributed by atoms with van der Waals surface area (Å²) in [5, 5.41) is 150. The molecule has 0 aromatic carbocycles. The smallest absolute Gasteiger partial charge is 0.462 e. The molecule has 1 aliphatic carbocycles. The maximum Gasteiger partial charge on any atom is 0.472 e. The summed E-state index contributed by atoms with van der Waals surface area (Å²) in [4.78, 5) is 38.0. The number of esters is 2. The first kappa shape index (κ1) is 82.4. The number of ether oxygens (including phenoxy) is 8. The van der Waals surface area contributed by atoms with Crippen molar-refractivity contribution in [3.63, 3.8) is 0 Å². The molecule has 1 saturated carbocycles. The summed E-state index contributed by atoms with van der Waals surface area (Å²) in [6.07, 6.45) is -11.0. The van der Waals surface area contributed by atoms with Crippen LogP contribution >= 0.6 is 7.82 Å². The lowest BCUT2D eigenvalue weighted by Gasteiger charge is -2.49. The number of hydrogen-bond acceptors (Lipinski definition) is 27. The second-order valence-electron chi connectivity index (χ2n) is 25.1. The van der Waals surface area contributed by atoms with Gasteiger partial charge in [-0.2, -0.15) is 0 Å². The van der Waals surface area contributed by atoms with E-state index >= 15 is 0 Å². The minimum Gasteiger partial charge on any atom is -0.462 e. The molecule has 10 unspecified atom stereocenters. The molecule has 29 heteroatoms. The number of aliphatic hydroxyl groups is 14. The third-order valence-corrected chi connectivity index (χ3v) is 18.4. The third-order valence-electron chi connectivity index (χ3n) is 17.4. The topological polar surface area (TPSA) is 447 Å². The summed E-state index contributed by atoms with van der Waals surface area (Å²) in [6.45, 7) is 0.0698. The summed E-state index contributed by atoms with van der Waals surface area (Å²) < 4.78 is 69.9. The van der Waals surface area contributed by atoms with Gasteiger partial charge in [0.1, 0.15) is 116 Å². The predicted molar refractivity (Wildman–Crippen MR) is 328 cm³/mol. The fourth-order valence-corrected chi connectivity index (χ4v) is 12.6. The fraction of sp³-hybridized carbons (Fsp3) is 0.937. The molecule has 4 rings (SSSR count). The molecule has 0 bridgehead atoms. The highest BCUT2D eigenvalue weighted by Gasteiger charge is 2.58. The Hall–Kier alpha value is -2.01. The Kier molecular flexibility index (Phi) is 40.8. The molecule has 0 spiro atoms. The normalized spacial score (nSPS) is 33.8. The first-order valence-electron chi connectivity index (χ1n) is 34.0. The first-order valence-corrected chi connectivity index (χ1v) is 35.5. The van der Waals surface area contributed by atoms with Crippen molar-refractivity contribution in [2.45, 2.75) is 341 Å². The van der Waals surface area contributed by atoms with Crippen LogP contribution in [0.3, 0.4) is 0 Å². The number of allylic oxidation sites excluding steroid dienone is 2. The number of carbonyl (C=O) groups is 2. The maximum absolute atomic E-state index is 14.3. The van der Waals surface area contributed by atoms with Gasteiger partial charge in [-0.05, 0) is 38.5 Å². The molecule has 4 fully saturated rings. The van der Waals surface area contributed by atoms with Gasteiger partial charge in [-0.15, -0.1) is 0 Å². The number of carbonyl (C=O) groups excluding carboxylic acids is 2. The lowest BCUT2D eigenvalue weighted by atomic mass is 9.84. The molecular weight excluding hydrogens is 1240 g/mol. The number of unbranched alkanes of at least 4 members (excludes halogenated alkanes) is 25. The molecule has 28 nitrogen and oxygen atoms in total. The molecule has 3 saturated heterocycles. The highest BCUT2D eigenvalue weighted by Crippen LogP contribution is 2.49. The van der Waals surface area contributed by atoms with Crippen molar-refractivity contribution in [2.75, 3.05) is 33.0 Å². The Bertz CT molecular complexity index is 2030. The van der Waals surface area contributed by atoms with Crippen LogP contribution in [-0.2, 0) is 61.1 Å². The Morgan fingerprint density at radius 3 is 1.22 bits per heavy atom. The number of hydrogen-bond donors (Lipinski definition) is 15. The molecule has 23 atom stereocenters. The molecule has 0 amide bonds. The van der Waals surface area contributed by atoms with Crippen molar-refractivity contribution in [1.82, 2.24) is 0 Å². The monoisotopic (exact) mass is 1350 g/mol. The standard InChI is InChI=1S/C63H115O28P/c1-3-5-7-9-11-13-15-17-19-21-23-25-27-29-31-33-44(66)82-37-40(85-45(67)34-32-30-28-26-24-22-20-18-16-14-12-10-8-6-4-2)38-84-92(80,81)91-60-58(89-62-56(78)50(72)47(69)42(36-65)87-62)53(75)52(74)54(76)59(60)90-63-57(79)51(73)48(70)43(88-63)39-83-61-55(77)49(71)46(68)41(35-64)86-61/h18,20,40-43,46-65,68-79H,3-17,19,21-39H2,1-2H3,(H,80,81)/b20-18-/t40-,41?,42?,43?,46+,47-,48+,49?,50?,51?,52+,53?,54?,55+,56-,57+,58-,59?,60+,61-,62-,63+/m1/s1. The Morgan fingerprint density at radius 1 is 0.424 bits per heavy atom. The lowest BCUT2D eigenvalue weighted by Crippen LogP contribution is -2.69. The van der Waals surface area contributed by atoms with E-state index in [9.17, 15) is 90.5 Å². The van der Waals surface area contributed by atoms with E-state index < -0.39 is 188 Å². The largest absolute Gasteiger partial charge is 0.472 e. The lowest BCUT2D eigenvalue weighted by molar-refractivity contribution is -0.364. The average Bonchev–Trinajstić information content (AvgIpc) is 0.804. The Morgan fingerprint density at radius 2 is 0.783 bits per heavy atom. The third kappa shape index (κ3) is 28.4. The van der Waals surface area contributed by atoms with Gasteiger partial charge in [0.25, 0.3) is 0 Å².